The fourth-order valence-corrected chi connectivity index (χ4v) is 2.91. The molecule has 0 bridgehead atoms. The highest BCUT2D eigenvalue weighted by Crippen LogP contribution is 2.19. The van der Waals surface area contributed by atoms with Crippen molar-refractivity contribution in [3.8, 4) is 5.69 Å². The van der Waals surface area contributed by atoms with Crippen LogP contribution in [0.25, 0.3) is 16.6 Å². The van der Waals surface area contributed by atoms with Gasteiger partial charge in [0.25, 0.3) is 5.56 Å². The molecule has 7 heteroatoms. The van der Waals surface area contributed by atoms with Crippen LogP contribution in [0.1, 0.15) is 18.5 Å². The van der Waals surface area contributed by atoms with Crippen LogP contribution in [0.5, 0.6) is 0 Å². The van der Waals surface area contributed by atoms with Gasteiger partial charge >= 0.3 is 5.69 Å². The van der Waals surface area contributed by atoms with Crippen LogP contribution < -0.4 is 17.0 Å². The van der Waals surface area contributed by atoms with Gasteiger partial charge in [-0.2, -0.15) is 0 Å². The third-order valence-corrected chi connectivity index (χ3v) is 4.61. The molecule has 128 valence electrons. The number of para-hydroxylation sites is 1. The normalized spacial score (nSPS) is 12.3. The van der Waals surface area contributed by atoms with Crippen molar-refractivity contribution in [1.82, 2.24) is 9.13 Å². The van der Waals surface area contributed by atoms with E-state index in [2.05, 4.69) is 0 Å². The highest BCUT2D eigenvalue weighted by Gasteiger charge is 2.21. The van der Waals surface area contributed by atoms with Gasteiger partial charge in [0.05, 0.1) is 16.6 Å². The van der Waals surface area contributed by atoms with E-state index < -0.39 is 23.2 Å². The summed E-state index contributed by atoms with van der Waals surface area (Å²) in [5.74, 6) is -0.667. The first-order valence-electron chi connectivity index (χ1n) is 7.65. The van der Waals surface area contributed by atoms with Crippen molar-refractivity contribution in [2.45, 2.75) is 19.9 Å². The Hall–Kier alpha value is -2.86. The zero-order valence-corrected chi connectivity index (χ0v) is 14.4. The summed E-state index contributed by atoms with van der Waals surface area (Å²) in [6, 6.07) is 10.6. The lowest BCUT2D eigenvalue weighted by atomic mass is 10.2. The van der Waals surface area contributed by atoms with Gasteiger partial charge in [0, 0.05) is 5.02 Å². The van der Waals surface area contributed by atoms with Crippen molar-refractivity contribution in [3.63, 3.8) is 0 Å². The molecule has 0 saturated heterocycles. The lowest BCUT2D eigenvalue weighted by Gasteiger charge is -2.17. The molecule has 0 aliphatic carbocycles. The first-order valence-corrected chi connectivity index (χ1v) is 8.03. The molecule has 3 rings (SSSR count). The smallest absolute Gasteiger partial charge is 0.336 e. The SMILES string of the molecule is Cc1ccc(-n2c(=O)c3ccccc3n([C@@H](C)C(N)=O)c2=O)cc1Cl. The lowest BCUT2D eigenvalue weighted by Crippen LogP contribution is -2.42. The maximum Gasteiger partial charge on any atom is 0.336 e. The number of hydrogen-bond acceptors (Lipinski definition) is 3. The highest BCUT2D eigenvalue weighted by molar-refractivity contribution is 6.31. The standard InChI is InChI=1S/C18H16ClN3O3/c1-10-7-8-12(9-14(10)19)22-17(24)13-5-3-4-6-15(13)21(18(22)25)11(2)16(20)23/h3-9,11H,1-2H3,(H2,20,23)/t11-/m0/s1. The fourth-order valence-electron chi connectivity index (χ4n) is 2.73. The average Bonchev–Trinajstić information content (AvgIpc) is 2.58. The molecule has 1 amide bonds. The Kier molecular flexibility index (Phi) is 4.22. The van der Waals surface area contributed by atoms with Gasteiger partial charge < -0.3 is 5.73 Å². The monoisotopic (exact) mass is 357 g/mol. The number of benzene rings is 2. The molecule has 1 heterocycles. The van der Waals surface area contributed by atoms with E-state index in [9.17, 15) is 14.4 Å². The zero-order valence-electron chi connectivity index (χ0n) is 13.7. The first kappa shape index (κ1) is 17.0. The van der Waals surface area contributed by atoms with Crippen molar-refractivity contribution >= 4 is 28.4 Å². The summed E-state index contributed by atoms with van der Waals surface area (Å²) in [6.45, 7) is 3.34. The van der Waals surface area contributed by atoms with E-state index in [0.717, 1.165) is 10.1 Å². The minimum Gasteiger partial charge on any atom is -0.368 e. The number of primary amides is 1. The Morgan fingerprint density at radius 2 is 1.84 bits per heavy atom. The van der Waals surface area contributed by atoms with E-state index >= 15 is 0 Å². The third-order valence-electron chi connectivity index (χ3n) is 4.21. The van der Waals surface area contributed by atoms with Crippen LogP contribution in [0.2, 0.25) is 5.02 Å². The van der Waals surface area contributed by atoms with Crippen LogP contribution in [-0.4, -0.2) is 15.0 Å². The summed E-state index contributed by atoms with van der Waals surface area (Å²) in [5.41, 5.74) is 5.79. The summed E-state index contributed by atoms with van der Waals surface area (Å²) < 4.78 is 2.24. The Labute approximate surface area is 148 Å². The zero-order chi connectivity index (χ0) is 18.3. The van der Waals surface area contributed by atoms with E-state index in [4.69, 9.17) is 17.3 Å². The van der Waals surface area contributed by atoms with Gasteiger partial charge in [-0.3, -0.25) is 14.2 Å². The summed E-state index contributed by atoms with van der Waals surface area (Å²) in [7, 11) is 0. The molecule has 2 aromatic carbocycles. The number of hydrogen-bond donors (Lipinski definition) is 1. The number of aromatic nitrogens is 2. The molecule has 6 nitrogen and oxygen atoms in total. The number of aryl methyl sites for hydroxylation is 1. The number of halogens is 1. The van der Waals surface area contributed by atoms with Crippen LogP contribution >= 0.6 is 11.6 Å². The molecule has 3 aromatic rings. The Balaban J connectivity index is 2.48. The van der Waals surface area contributed by atoms with Gasteiger partial charge in [-0.25, -0.2) is 9.36 Å². The van der Waals surface area contributed by atoms with Crippen molar-refractivity contribution in [1.29, 1.82) is 0 Å². The molecule has 0 spiro atoms. The fraction of sp³-hybridized carbons (Fsp3) is 0.167. The molecular weight excluding hydrogens is 342 g/mol. The lowest BCUT2D eigenvalue weighted by molar-refractivity contribution is -0.120. The molecule has 0 radical (unpaired) electrons. The maximum atomic E-state index is 13.0. The highest BCUT2D eigenvalue weighted by atomic mass is 35.5. The number of carbonyl (C=O) groups excluding carboxylic acids is 1. The second kappa shape index (κ2) is 6.22. The molecular formula is C18H16ClN3O3. The molecule has 0 fully saturated rings. The minimum atomic E-state index is -0.912. The van der Waals surface area contributed by atoms with E-state index in [1.807, 2.05) is 6.92 Å². The van der Waals surface area contributed by atoms with Crippen LogP contribution in [0.15, 0.2) is 52.1 Å². The quantitative estimate of drug-likeness (QED) is 0.779. The molecule has 1 atom stereocenters. The summed E-state index contributed by atoms with van der Waals surface area (Å²) in [4.78, 5) is 37.6. The predicted molar refractivity (Wildman–Crippen MR) is 97.5 cm³/mol. The van der Waals surface area contributed by atoms with Gasteiger partial charge in [-0.15, -0.1) is 0 Å². The number of nitrogens with zero attached hydrogens (tertiary/aromatic N) is 2. The summed E-state index contributed by atoms with van der Waals surface area (Å²) >= 11 is 6.14. The topological polar surface area (TPSA) is 87.1 Å². The average molecular weight is 358 g/mol. The molecule has 2 N–H and O–H groups in total. The van der Waals surface area contributed by atoms with Gasteiger partial charge in [-0.1, -0.05) is 29.8 Å². The van der Waals surface area contributed by atoms with E-state index in [1.165, 1.54) is 11.5 Å². The Morgan fingerprint density at radius 1 is 1.16 bits per heavy atom. The van der Waals surface area contributed by atoms with Crippen molar-refractivity contribution < 1.29 is 4.79 Å². The third kappa shape index (κ3) is 2.74. The molecule has 1 aromatic heterocycles. The van der Waals surface area contributed by atoms with Crippen molar-refractivity contribution in [2.75, 3.05) is 0 Å². The molecule has 25 heavy (non-hydrogen) atoms. The van der Waals surface area contributed by atoms with E-state index in [1.54, 1.807) is 42.5 Å². The minimum absolute atomic E-state index is 0.312. The number of carbonyl (C=O) groups is 1. The summed E-state index contributed by atoms with van der Waals surface area (Å²) in [5, 5.41) is 0.748. The molecule has 0 saturated carbocycles. The molecule has 0 unspecified atom stereocenters. The number of rotatable bonds is 3. The van der Waals surface area contributed by atoms with Gasteiger partial charge in [0.15, 0.2) is 0 Å². The number of nitrogens with two attached hydrogens (primary N) is 1. The van der Waals surface area contributed by atoms with E-state index in [-0.39, 0.29) is 0 Å². The van der Waals surface area contributed by atoms with E-state index in [0.29, 0.717) is 21.6 Å². The summed E-state index contributed by atoms with van der Waals surface area (Å²) in [6.07, 6.45) is 0. The number of amides is 1. The number of fused-ring (bicyclic) bond motifs is 1. The van der Waals surface area contributed by atoms with Crippen molar-refractivity contribution in [2.24, 2.45) is 5.73 Å². The Morgan fingerprint density at radius 3 is 2.48 bits per heavy atom. The first-order chi connectivity index (χ1) is 11.8. The second-order valence-corrected chi connectivity index (χ2v) is 6.23. The van der Waals surface area contributed by atoms with Gasteiger partial charge in [0.2, 0.25) is 5.91 Å². The molecule has 0 aliphatic heterocycles. The maximum absolute atomic E-state index is 13.0. The van der Waals surface area contributed by atoms with Gasteiger partial charge in [-0.05, 0) is 43.7 Å². The van der Waals surface area contributed by atoms with Crippen LogP contribution in [0.4, 0.5) is 0 Å². The van der Waals surface area contributed by atoms with Crippen LogP contribution in [0, 0.1) is 6.92 Å². The van der Waals surface area contributed by atoms with Crippen molar-refractivity contribution in [3.05, 3.63) is 73.9 Å². The molecule has 0 aliphatic rings. The second-order valence-electron chi connectivity index (χ2n) is 5.82. The van der Waals surface area contributed by atoms with Crippen LogP contribution in [-0.2, 0) is 4.79 Å². The Bertz CT molecular complexity index is 1110. The van der Waals surface area contributed by atoms with Crippen LogP contribution in [0.3, 0.4) is 0 Å². The van der Waals surface area contributed by atoms with Gasteiger partial charge in [0.1, 0.15) is 6.04 Å². The largest absolute Gasteiger partial charge is 0.368 e. The predicted octanol–water partition coefficient (Wildman–Crippen LogP) is 2.16.